The summed E-state index contributed by atoms with van der Waals surface area (Å²) in [5, 5.41) is 11.3. The SMILES string of the molecule is CCOC(=O)CN(Cc1cccs1)C(=O)[C@@H](NS(=O)(=O)c1ccc2[nH]c(=O)ccc2c1)c1ccccc1OCCCC(=O)O. The molecule has 0 aliphatic carbocycles. The molecule has 3 N–H and O–H groups in total. The van der Waals surface area contributed by atoms with Crippen LogP contribution in [-0.2, 0) is 35.7 Å². The summed E-state index contributed by atoms with van der Waals surface area (Å²) in [7, 11) is -4.38. The molecule has 0 aliphatic rings. The Hall–Kier alpha value is -4.53. The summed E-state index contributed by atoms with van der Waals surface area (Å²) >= 11 is 1.37. The molecule has 0 spiro atoms. The van der Waals surface area contributed by atoms with Crippen molar-refractivity contribution in [3.05, 3.63) is 92.9 Å². The van der Waals surface area contributed by atoms with E-state index >= 15 is 0 Å². The van der Waals surface area contributed by atoms with Crippen LogP contribution in [0.3, 0.4) is 0 Å². The highest BCUT2D eigenvalue weighted by atomic mass is 32.2. The minimum atomic E-state index is -4.38. The predicted octanol–water partition coefficient (Wildman–Crippen LogP) is 3.44. The molecule has 1 amide bonds. The van der Waals surface area contributed by atoms with E-state index in [1.807, 2.05) is 5.38 Å². The lowest BCUT2D eigenvalue weighted by Crippen LogP contribution is -2.44. The lowest BCUT2D eigenvalue weighted by molar-refractivity contribution is -0.149. The highest BCUT2D eigenvalue weighted by Crippen LogP contribution is 2.30. The number of carboxylic acids is 1. The number of sulfonamides is 1. The number of hydrogen-bond acceptors (Lipinski definition) is 9. The Bertz CT molecular complexity index is 1790. The average Bonchev–Trinajstić information content (AvgIpc) is 3.51. The van der Waals surface area contributed by atoms with Gasteiger partial charge in [0, 0.05) is 28.4 Å². The second-order valence-electron chi connectivity index (χ2n) is 9.59. The molecule has 2 aromatic carbocycles. The molecule has 2 aromatic heterocycles. The number of aliphatic carboxylic acids is 1. The van der Waals surface area contributed by atoms with Gasteiger partial charge in [0.15, 0.2) is 0 Å². The summed E-state index contributed by atoms with van der Waals surface area (Å²) in [6, 6.07) is 15.2. The number of nitrogens with one attached hydrogen (secondary N) is 2. The molecule has 0 fully saturated rings. The third kappa shape index (κ3) is 8.52. The fourth-order valence-corrected chi connectivity index (χ4v) is 6.30. The maximum Gasteiger partial charge on any atom is 0.325 e. The highest BCUT2D eigenvalue weighted by Gasteiger charge is 2.34. The van der Waals surface area contributed by atoms with Gasteiger partial charge in [0.25, 0.3) is 0 Å². The standard InChI is InChI=1S/C30H31N3O9S2/c1-2-41-28(37)19-33(18-21-7-6-16-43-21)30(38)29(23-8-3-4-9-25(23)42-15-5-10-27(35)36)32-44(39,40)22-12-13-24-20(17-22)11-14-26(34)31-24/h3-4,6-9,11-14,16-17,29,32H,2,5,10,15,18-19H2,1H3,(H,31,34)(H,35,36)/t29-/m0/s1. The van der Waals surface area contributed by atoms with Gasteiger partial charge >= 0.3 is 11.9 Å². The van der Waals surface area contributed by atoms with E-state index in [-0.39, 0.29) is 54.4 Å². The maximum atomic E-state index is 14.3. The Balaban J connectivity index is 1.75. The van der Waals surface area contributed by atoms with Crippen molar-refractivity contribution >= 4 is 50.1 Å². The van der Waals surface area contributed by atoms with E-state index in [0.717, 1.165) is 4.88 Å². The molecule has 0 unspecified atom stereocenters. The maximum absolute atomic E-state index is 14.3. The number of para-hydroxylation sites is 1. The molecule has 44 heavy (non-hydrogen) atoms. The Labute approximate surface area is 257 Å². The van der Waals surface area contributed by atoms with Crippen molar-refractivity contribution in [1.82, 2.24) is 14.6 Å². The van der Waals surface area contributed by atoms with Crippen LogP contribution in [0.5, 0.6) is 5.75 Å². The lowest BCUT2D eigenvalue weighted by atomic mass is 10.0. The fourth-order valence-electron chi connectivity index (χ4n) is 4.37. The molecular weight excluding hydrogens is 610 g/mol. The number of H-pyrrole nitrogens is 1. The summed E-state index contributed by atoms with van der Waals surface area (Å²) in [6.45, 7) is 1.31. The molecule has 4 aromatic rings. The number of thiophene rings is 1. The van der Waals surface area contributed by atoms with E-state index in [9.17, 15) is 27.6 Å². The van der Waals surface area contributed by atoms with Crippen LogP contribution in [0.1, 0.15) is 36.2 Å². The number of benzene rings is 2. The number of aromatic amines is 1. The number of esters is 1. The second-order valence-corrected chi connectivity index (χ2v) is 12.3. The molecular formula is C30H31N3O9S2. The van der Waals surface area contributed by atoms with Crippen LogP contribution in [-0.4, -0.2) is 61.0 Å². The zero-order chi connectivity index (χ0) is 31.7. The highest BCUT2D eigenvalue weighted by molar-refractivity contribution is 7.89. The van der Waals surface area contributed by atoms with E-state index in [4.69, 9.17) is 14.6 Å². The molecule has 14 heteroatoms. The minimum Gasteiger partial charge on any atom is -0.493 e. The van der Waals surface area contributed by atoms with E-state index < -0.39 is 40.5 Å². The molecule has 12 nitrogen and oxygen atoms in total. The number of ether oxygens (including phenoxy) is 2. The first kappa shape index (κ1) is 32.4. The van der Waals surface area contributed by atoms with Crippen LogP contribution in [0, 0.1) is 0 Å². The van der Waals surface area contributed by atoms with Crippen LogP contribution in [0.25, 0.3) is 10.9 Å². The van der Waals surface area contributed by atoms with Gasteiger partial charge in [0.1, 0.15) is 18.3 Å². The van der Waals surface area contributed by atoms with Gasteiger partial charge in [-0.2, -0.15) is 4.72 Å². The van der Waals surface area contributed by atoms with E-state index in [1.54, 1.807) is 37.3 Å². The molecule has 4 rings (SSSR count). The van der Waals surface area contributed by atoms with Gasteiger partial charge in [0.2, 0.25) is 21.5 Å². The van der Waals surface area contributed by atoms with Gasteiger partial charge < -0.3 is 24.5 Å². The molecule has 0 radical (unpaired) electrons. The third-order valence-corrected chi connectivity index (χ3v) is 8.69. The number of nitrogens with zero attached hydrogens (tertiary/aromatic N) is 1. The van der Waals surface area contributed by atoms with Crippen molar-refractivity contribution in [2.24, 2.45) is 0 Å². The largest absolute Gasteiger partial charge is 0.493 e. The Morgan fingerprint density at radius 3 is 2.59 bits per heavy atom. The average molecular weight is 642 g/mol. The first-order valence-electron chi connectivity index (χ1n) is 13.6. The molecule has 0 saturated carbocycles. The summed E-state index contributed by atoms with van der Waals surface area (Å²) in [6.07, 6.45) is 0.0407. The van der Waals surface area contributed by atoms with Crippen molar-refractivity contribution in [3.8, 4) is 5.75 Å². The van der Waals surface area contributed by atoms with Crippen molar-refractivity contribution in [2.75, 3.05) is 19.8 Å². The van der Waals surface area contributed by atoms with Crippen LogP contribution in [0.4, 0.5) is 0 Å². The van der Waals surface area contributed by atoms with E-state index in [1.165, 1.54) is 52.6 Å². The fraction of sp³-hybridized carbons (Fsp3) is 0.267. The van der Waals surface area contributed by atoms with Crippen molar-refractivity contribution in [2.45, 2.75) is 37.2 Å². The van der Waals surface area contributed by atoms with Gasteiger partial charge in [-0.15, -0.1) is 11.3 Å². The molecule has 0 saturated heterocycles. The summed E-state index contributed by atoms with van der Waals surface area (Å²) in [5.41, 5.74) is 0.256. The van der Waals surface area contributed by atoms with E-state index in [0.29, 0.717) is 10.9 Å². The van der Waals surface area contributed by atoms with Gasteiger partial charge in [0.05, 0.1) is 24.7 Å². The third-order valence-electron chi connectivity index (χ3n) is 6.41. The van der Waals surface area contributed by atoms with Gasteiger partial charge in [-0.25, -0.2) is 8.42 Å². The molecule has 0 aliphatic heterocycles. The molecule has 2 heterocycles. The number of pyridine rings is 1. The zero-order valence-corrected chi connectivity index (χ0v) is 25.4. The Morgan fingerprint density at radius 2 is 1.86 bits per heavy atom. The number of fused-ring (bicyclic) bond motifs is 1. The van der Waals surface area contributed by atoms with Crippen LogP contribution < -0.4 is 15.0 Å². The van der Waals surface area contributed by atoms with Crippen molar-refractivity contribution in [1.29, 1.82) is 0 Å². The molecule has 0 bridgehead atoms. The predicted molar refractivity (Wildman–Crippen MR) is 163 cm³/mol. The lowest BCUT2D eigenvalue weighted by Gasteiger charge is -2.28. The Morgan fingerprint density at radius 1 is 1.07 bits per heavy atom. The quantitative estimate of drug-likeness (QED) is 0.130. The van der Waals surface area contributed by atoms with Crippen LogP contribution >= 0.6 is 11.3 Å². The number of carbonyl (C=O) groups excluding carboxylic acids is 2. The van der Waals surface area contributed by atoms with Crippen LogP contribution in [0.15, 0.2) is 81.8 Å². The van der Waals surface area contributed by atoms with Crippen LogP contribution in [0.2, 0.25) is 0 Å². The number of hydrogen-bond donors (Lipinski definition) is 3. The van der Waals surface area contributed by atoms with E-state index in [2.05, 4.69) is 9.71 Å². The summed E-state index contributed by atoms with van der Waals surface area (Å²) in [5.74, 6) is -2.23. The van der Waals surface area contributed by atoms with Gasteiger partial charge in [-0.1, -0.05) is 24.3 Å². The van der Waals surface area contributed by atoms with Crippen molar-refractivity contribution < 1.29 is 37.4 Å². The van der Waals surface area contributed by atoms with Gasteiger partial charge in [-0.05, 0) is 60.5 Å². The number of rotatable bonds is 15. The first-order chi connectivity index (χ1) is 21.1. The number of carbonyl (C=O) groups is 3. The second kappa shape index (κ2) is 14.8. The number of aromatic nitrogens is 1. The summed E-state index contributed by atoms with van der Waals surface area (Å²) < 4.78 is 41.0. The monoisotopic (exact) mass is 641 g/mol. The topological polar surface area (TPSA) is 172 Å². The first-order valence-corrected chi connectivity index (χ1v) is 16.0. The smallest absolute Gasteiger partial charge is 0.325 e. The normalized spacial score (nSPS) is 12.0. The van der Waals surface area contributed by atoms with Gasteiger partial charge in [-0.3, -0.25) is 19.2 Å². The molecule has 1 atom stereocenters. The molecule has 232 valence electrons. The summed E-state index contributed by atoms with van der Waals surface area (Å²) in [4.78, 5) is 53.9. The Kier molecular flexibility index (Phi) is 10.9. The number of amides is 1. The number of carboxylic acid groups (broad SMARTS) is 1. The van der Waals surface area contributed by atoms with Crippen molar-refractivity contribution in [3.63, 3.8) is 0 Å². The zero-order valence-electron chi connectivity index (χ0n) is 23.7. The minimum absolute atomic E-state index is 0.00157.